The molecule has 0 saturated heterocycles. The third-order valence-electron chi connectivity index (χ3n) is 17.2. The summed E-state index contributed by atoms with van der Waals surface area (Å²) < 4.78 is 22.4. The van der Waals surface area contributed by atoms with Crippen LogP contribution in [-0.4, -0.2) is 62.9 Å². The van der Waals surface area contributed by atoms with Gasteiger partial charge in [0.2, 0.25) is 0 Å². The summed E-state index contributed by atoms with van der Waals surface area (Å²) in [6.45, 7) is 8.66. The second-order valence-electron chi connectivity index (χ2n) is 25.4. The Hall–Kier alpha value is -4.95. The van der Waals surface area contributed by atoms with Gasteiger partial charge in [-0.25, -0.2) is 14.4 Å². The summed E-state index contributed by atoms with van der Waals surface area (Å²) in [5.41, 5.74) is 1.48. The number of rotatable bonds is 60. The fourth-order valence-electron chi connectivity index (χ4n) is 11.7. The fourth-order valence-corrected chi connectivity index (χ4v) is 11.7. The minimum Gasteiger partial charge on any atom is -0.455 e. The Labute approximate surface area is 528 Å². The Kier molecular flexibility index (Phi) is 44.4. The SMILES string of the molecule is CCCCCCCCCCCCCCCCCCn1cc(COC(=O)c2cc(C(=O)OCc3cn(CCCCCCCCCCCCCCCCCC)nn3)cc(C(=O)OCc3cn(CCCCCCCCCCCCCCCCCC)nn3)c2)nn1. The van der Waals surface area contributed by atoms with E-state index in [9.17, 15) is 14.4 Å². The molecule has 0 fully saturated rings. The summed E-state index contributed by atoms with van der Waals surface area (Å²) in [6, 6.07) is 4.11. The first-order chi connectivity index (χ1) is 42.9. The molecule has 4 rings (SSSR count). The van der Waals surface area contributed by atoms with E-state index in [-0.39, 0.29) is 36.5 Å². The molecule has 0 spiro atoms. The normalized spacial score (nSPS) is 11.5. The molecule has 0 aliphatic carbocycles. The van der Waals surface area contributed by atoms with Crippen LogP contribution in [0.15, 0.2) is 36.8 Å². The molecule has 0 aliphatic rings. The number of esters is 3. The number of aryl methyl sites for hydroxylation is 3. The van der Waals surface area contributed by atoms with Crippen LogP contribution >= 0.6 is 0 Å². The van der Waals surface area contributed by atoms with Gasteiger partial charge in [-0.1, -0.05) is 325 Å². The Morgan fingerprint density at radius 1 is 0.276 bits per heavy atom. The van der Waals surface area contributed by atoms with Gasteiger partial charge >= 0.3 is 17.9 Å². The molecule has 0 N–H and O–H groups in total. The number of unbranched alkanes of at least 4 members (excludes halogenated alkanes) is 45. The van der Waals surface area contributed by atoms with E-state index in [1.54, 1.807) is 32.6 Å². The van der Waals surface area contributed by atoms with Gasteiger partial charge in [-0.15, -0.1) is 15.3 Å². The van der Waals surface area contributed by atoms with E-state index in [4.69, 9.17) is 14.2 Å². The van der Waals surface area contributed by atoms with Crippen molar-refractivity contribution in [1.29, 1.82) is 0 Å². The number of hydrogen-bond acceptors (Lipinski definition) is 12. The van der Waals surface area contributed by atoms with E-state index in [1.807, 2.05) is 0 Å². The van der Waals surface area contributed by atoms with Gasteiger partial charge in [-0.2, -0.15) is 0 Å². The van der Waals surface area contributed by atoms with Crippen LogP contribution in [0.25, 0.3) is 0 Å². The number of nitrogens with zero attached hydrogens (tertiary/aromatic N) is 9. The lowest BCUT2D eigenvalue weighted by Gasteiger charge is -2.09. The van der Waals surface area contributed by atoms with Crippen LogP contribution in [0.2, 0.25) is 0 Å². The molecule has 15 nitrogen and oxygen atoms in total. The number of hydrogen-bond donors (Lipinski definition) is 0. The van der Waals surface area contributed by atoms with Crippen molar-refractivity contribution in [2.75, 3.05) is 0 Å². The molecule has 1 aromatic carbocycles. The first kappa shape index (κ1) is 74.5. The third kappa shape index (κ3) is 38.3. The quantitative estimate of drug-likeness (QED) is 0.0233. The highest BCUT2D eigenvalue weighted by molar-refractivity contribution is 6.00. The van der Waals surface area contributed by atoms with Crippen molar-refractivity contribution in [2.45, 2.75) is 368 Å². The predicted octanol–water partition coefficient (Wildman–Crippen LogP) is 20.3. The van der Waals surface area contributed by atoms with Gasteiger partial charge in [-0.05, 0) is 37.5 Å². The van der Waals surface area contributed by atoms with Gasteiger partial charge in [0, 0.05) is 19.6 Å². The van der Waals surface area contributed by atoms with Crippen LogP contribution in [0.5, 0.6) is 0 Å². The molecule has 3 aromatic heterocycles. The van der Waals surface area contributed by atoms with Crippen molar-refractivity contribution in [1.82, 2.24) is 45.0 Å². The average Bonchev–Trinajstić information content (AvgIpc) is 4.45. The van der Waals surface area contributed by atoms with E-state index in [1.165, 1.54) is 288 Å². The van der Waals surface area contributed by atoms with Crippen molar-refractivity contribution >= 4 is 17.9 Å². The summed E-state index contributed by atoms with van der Waals surface area (Å²) in [5.74, 6) is -2.21. The lowest BCUT2D eigenvalue weighted by Crippen LogP contribution is -2.13. The second-order valence-corrected chi connectivity index (χ2v) is 25.4. The molecular formula is C72H123N9O6. The molecule has 0 atom stereocenters. The number of benzene rings is 1. The topological polar surface area (TPSA) is 171 Å². The standard InChI is InChI=1S/C72H123N9O6/c1-4-7-10-13-16-19-22-25-28-31-34-37-40-43-46-49-52-79-58-67(73-76-79)61-85-70(82)64-55-65(71(83)86-62-68-59-80(77-74-68)53-50-47-44-41-38-35-32-29-26-23-20-17-14-11-8-5-2)57-66(56-64)72(84)87-63-69-60-81(78-75-69)54-51-48-45-42-39-36-33-30-27-24-21-18-15-12-9-6-3/h55-60H,4-54,61-63H2,1-3H3. The number of aromatic nitrogens is 9. The fraction of sp³-hybridized carbons (Fsp3) is 0.792. The van der Waals surface area contributed by atoms with Crippen LogP contribution in [-0.2, 0) is 53.7 Å². The summed E-state index contributed by atoms with van der Waals surface area (Å²) in [6.07, 6.45) is 68.5. The van der Waals surface area contributed by atoms with Gasteiger partial charge in [0.25, 0.3) is 0 Å². The summed E-state index contributed by atoms with van der Waals surface area (Å²) in [4.78, 5) is 41.0. The van der Waals surface area contributed by atoms with Crippen LogP contribution in [0.3, 0.4) is 0 Å². The Bertz CT molecular complexity index is 2030. The zero-order valence-corrected chi connectivity index (χ0v) is 55.6. The van der Waals surface area contributed by atoms with Crippen LogP contribution in [0.4, 0.5) is 0 Å². The maximum absolute atomic E-state index is 13.7. The molecule has 0 bridgehead atoms. The summed E-state index contributed by atoms with van der Waals surface area (Å²) in [5, 5.41) is 25.5. The first-order valence-corrected chi connectivity index (χ1v) is 36.2. The molecule has 0 amide bonds. The molecule has 3 heterocycles. The Morgan fingerprint density at radius 3 is 0.632 bits per heavy atom. The highest BCUT2D eigenvalue weighted by Gasteiger charge is 2.21. The summed E-state index contributed by atoms with van der Waals surface area (Å²) >= 11 is 0. The smallest absolute Gasteiger partial charge is 0.338 e. The van der Waals surface area contributed by atoms with Crippen LogP contribution in [0.1, 0.15) is 377 Å². The molecular weight excluding hydrogens is 1090 g/mol. The van der Waals surface area contributed by atoms with Crippen molar-refractivity contribution in [3.63, 3.8) is 0 Å². The van der Waals surface area contributed by atoms with E-state index in [2.05, 4.69) is 51.7 Å². The van der Waals surface area contributed by atoms with Gasteiger partial charge in [0.1, 0.15) is 36.9 Å². The van der Waals surface area contributed by atoms with Crippen LogP contribution in [0, 0.1) is 0 Å². The number of carbonyl (C=O) groups is 3. The first-order valence-electron chi connectivity index (χ1n) is 36.2. The highest BCUT2D eigenvalue weighted by atomic mass is 16.5. The molecule has 0 aliphatic heterocycles. The minimum absolute atomic E-state index is 0.00791. The lowest BCUT2D eigenvalue weighted by molar-refractivity contribution is 0.0462. The van der Waals surface area contributed by atoms with E-state index in [0.717, 1.165) is 58.2 Å². The Morgan fingerprint density at radius 2 is 0.448 bits per heavy atom. The molecule has 87 heavy (non-hydrogen) atoms. The lowest BCUT2D eigenvalue weighted by atomic mass is 10.0. The molecule has 4 aromatic rings. The van der Waals surface area contributed by atoms with Crippen molar-refractivity contribution < 1.29 is 28.6 Å². The maximum Gasteiger partial charge on any atom is 0.338 e. The zero-order chi connectivity index (χ0) is 61.7. The Balaban J connectivity index is 1.18. The predicted molar refractivity (Wildman–Crippen MR) is 353 cm³/mol. The molecule has 492 valence electrons. The molecule has 0 saturated carbocycles. The average molecular weight is 1210 g/mol. The van der Waals surface area contributed by atoms with E-state index < -0.39 is 17.9 Å². The highest BCUT2D eigenvalue weighted by Crippen LogP contribution is 2.20. The maximum atomic E-state index is 13.7. The molecule has 0 radical (unpaired) electrons. The van der Waals surface area contributed by atoms with Crippen molar-refractivity contribution in [3.8, 4) is 0 Å². The van der Waals surface area contributed by atoms with Gasteiger partial charge < -0.3 is 14.2 Å². The number of carbonyl (C=O) groups excluding carboxylic acids is 3. The van der Waals surface area contributed by atoms with Gasteiger partial charge in [-0.3, -0.25) is 14.0 Å². The molecule has 15 heteroatoms. The van der Waals surface area contributed by atoms with Gasteiger partial charge in [0.15, 0.2) is 0 Å². The summed E-state index contributed by atoms with van der Waals surface area (Å²) in [7, 11) is 0. The molecule has 0 unspecified atom stereocenters. The zero-order valence-electron chi connectivity index (χ0n) is 55.6. The minimum atomic E-state index is -0.736. The van der Waals surface area contributed by atoms with Gasteiger partial charge in [0.05, 0.1) is 35.3 Å². The number of ether oxygens (including phenoxy) is 3. The van der Waals surface area contributed by atoms with E-state index >= 15 is 0 Å². The second kappa shape index (κ2) is 51.9. The van der Waals surface area contributed by atoms with Crippen LogP contribution < -0.4 is 0 Å². The van der Waals surface area contributed by atoms with Crippen molar-refractivity contribution in [3.05, 3.63) is 70.6 Å². The largest absolute Gasteiger partial charge is 0.455 e. The van der Waals surface area contributed by atoms with E-state index in [0.29, 0.717) is 17.1 Å². The third-order valence-corrected chi connectivity index (χ3v) is 17.2. The monoisotopic (exact) mass is 1210 g/mol. The van der Waals surface area contributed by atoms with Crippen molar-refractivity contribution in [2.24, 2.45) is 0 Å².